The second kappa shape index (κ2) is 6.74. The largest absolute Gasteiger partial charge is 0.416 e. The van der Waals surface area contributed by atoms with Crippen LogP contribution in [0.3, 0.4) is 0 Å². The number of aromatic nitrogens is 2. The second-order valence-corrected chi connectivity index (χ2v) is 6.15. The Hall–Kier alpha value is -1.57. The van der Waals surface area contributed by atoms with Gasteiger partial charge in [-0.15, -0.1) is 10.2 Å². The average Bonchev–Trinajstić information content (AvgIpc) is 2.87. The summed E-state index contributed by atoms with van der Waals surface area (Å²) in [6, 6.07) is -0.865. The normalized spacial score (nSPS) is 17.6. The Morgan fingerprint density at radius 2 is 2.05 bits per heavy atom. The molecule has 1 atom stereocenters. The van der Waals surface area contributed by atoms with Gasteiger partial charge < -0.3 is 10.2 Å². The predicted molar refractivity (Wildman–Crippen MR) is 73.2 cm³/mol. The fourth-order valence-corrected chi connectivity index (χ4v) is 2.90. The number of nitrogens with two attached hydrogens (primary N) is 1. The Bertz CT molecular complexity index is 485. The lowest BCUT2D eigenvalue weighted by Gasteiger charge is -2.17. The molecule has 0 radical (unpaired) electrons. The highest BCUT2D eigenvalue weighted by molar-refractivity contribution is 8.00. The fourth-order valence-electron chi connectivity index (χ4n) is 2.21. The quantitative estimate of drug-likeness (QED) is 0.820. The lowest BCUT2D eigenvalue weighted by Crippen LogP contribution is -2.39. The van der Waals surface area contributed by atoms with E-state index in [-0.39, 0.29) is 0 Å². The van der Waals surface area contributed by atoms with Crippen molar-refractivity contribution in [3.8, 4) is 0 Å². The molecule has 0 bridgehead atoms. The number of thioether (sulfide) groups is 1. The lowest BCUT2D eigenvalue weighted by molar-refractivity contribution is -0.119. The number of carbonyl (C=O) groups excluding carboxylic acids is 2. The van der Waals surface area contributed by atoms with E-state index in [1.165, 1.54) is 19.3 Å². The molecule has 0 spiro atoms. The highest BCUT2D eigenvalue weighted by Crippen LogP contribution is 2.33. The molecule has 0 saturated heterocycles. The van der Waals surface area contributed by atoms with E-state index in [4.69, 9.17) is 10.2 Å². The number of hydrogen-bond acceptors (Lipinski definition) is 6. The number of amides is 3. The van der Waals surface area contributed by atoms with Crippen molar-refractivity contribution in [1.82, 2.24) is 15.5 Å². The van der Waals surface area contributed by atoms with Gasteiger partial charge in [0.05, 0.1) is 5.25 Å². The van der Waals surface area contributed by atoms with E-state index in [0.29, 0.717) is 17.0 Å². The van der Waals surface area contributed by atoms with Crippen molar-refractivity contribution in [2.24, 2.45) is 5.73 Å². The maximum Gasteiger partial charge on any atom is 0.318 e. The molecule has 8 heteroatoms. The van der Waals surface area contributed by atoms with Gasteiger partial charge in [0.15, 0.2) is 0 Å². The van der Waals surface area contributed by atoms with Crippen molar-refractivity contribution in [3.05, 3.63) is 5.89 Å². The van der Waals surface area contributed by atoms with Gasteiger partial charge in [0, 0.05) is 5.92 Å². The van der Waals surface area contributed by atoms with Crippen molar-refractivity contribution in [2.45, 2.75) is 55.4 Å². The van der Waals surface area contributed by atoms with Gasteiger partial charge in [0.25, 0.3) is 5.22 Å². The highest BCUT2D eigenvalue weighted by Gasteiger charge is 2.23. The molecule has 110 valence electrons. The van der Waals surface area contributed by atoms with Gasteiger partial charge in [0.1, 0.15) is 0 Å². The molecule has 0 aliphatic heterocycles. The van der Waals surface area contributed by atoms with Gasteiger partial charge >= 0.3 is 6.03 Å². The summed E-state index contributed by atoms with van der Waals surface area (Å²) in [5.41, 5.74) is 4.89. The van der Waals surface area contributed by atoms with Gasteiger partial charge in [0.2, 0.25) is 11.8 Å². The molecular formula is C12H18N4O3S. The maximum absolute atomic E-state index is 11.5. The summed E-state index contributed by atoms with van der Waals surface area (Å²) in [6.07, 6.45) is 5.78. The van der Waals surface area contributed by atoms with E-state index in [0.717, 1.165) is 24.6 Å². The molecule has 1 heterocycles. The number of carbonyl (C=O) groups is 2. The van der Waals surface area contributed by atoms with Crippen molar-refractivity contribution < 1.29 is 14.0 Å². The Labute approximate surface area is 121 Å². The summed E-state index contributed by atoms with van der Waals surface area (Å²) in [5, 5.41) is 9.84. The van der Waals surface area contributed by atoms with Crippen LogP contribution in [0.25, 0.3) is 0 Å². The molecule has 1 aromatic rings. The smallest absolute Gasteiger partial charge is 0.318 e. The lowest BCUT2D eigenvalue weighted by atomic mass is 9.89. The van der Waals surface area contributed by atoms with Crippen LogP contribution < -0.4 is 11.1 Å². The third-order valence-electron chi connectivity index (χ3n) is 3.27. The van der Waals surface area contributed by atoms with Crippen molar-refractivity contribution in [2.75, 3.05) is 0 Å². The third-order valence-corrected chi connectivity index (χ3v) is 4.20. The molecular weight excluding hydrogens is 280 g/mol. The molecule has 0 unspecified atom stereocenters. The summed E-state index contributed by atoms with van der Waals surface area (Å²) in [4.78, 5) is 22.2. The molecule has 0 aromatic carbocycles. The van der Waals surface area contributed by atoms with Crippen LogP contribution in [0.5, 0.6) is 0 Å². The number of nitrogens with zero attached hydrogens (tertiary/aromatic N) is 2. The Balaban J connectivity index is 1.91. The summed E-state index contributed by atoms with van der Waals surface area (Å²) < 4.78 is 5.59. The molecule has 20 heavy (non-hydrogen) atoms. The highest BCUT2D eigenvalue weighted by atomic mass is 32.2. The first-order valence-electron chi connectivity index (χ1n) is 6.66. The van der Waals surface area contributed by atoms with E-state index in [1.807, 2.05) is 5.32 Å². The first kappa shape index (κ1) is 14.8. The van der Waals surface area contributed by atoms with E-state index >= 15 is 0 Å². The molecule has 1 aromatic heterocycles. The molecule has 1 saturated carbocycles. The summed E-state index contributed by atoms with van der Waals surface area (Å²) in [6.45, 7) is 1.65. The van der Waals surface area contributed by atoms with Gasteiger partial charge in [-0.1, -0.05) is 31.0 Å². The first-order valence-corrected chi connectivity index (χ1v) is 7.54. The van der Waals surface area contributed by atoms with Crippen molar-refractivity contribution in [3.63, 3.8) is 0 Å². The van der Waals surface area contributed by atoms with Crippen LogP contribution in [0.4, 0.5) is 4.79 Å². The van der Waals surface area contributed by atoms with Crippen LogP contribution in [-0.4, -0.2) is 27.4 Å². The van der Waals surface area contributed by atoms with Gasteiger partial charge in [-0.05, 0) is 19.8 Å². The number of primary amides is 1. The molecule has 2 rings (SSSR count). The van der Waals surface area contributed by atoms with Crippen LogP contribution in [0.2, 0.25) is 0 Å². The first-order chi connectivity index (χ1) is 9.56. The minimum Gasteiger partial charge on any atom is -0.416 e. The van der Waals surface area contributed by atoms with E-state index < -0.39 is 17.2 Å². The molecule has 1 fully saturated rings. The van der Waals surface area contributed by atoms with E-state index in [2.05, 4.69) is 10.2 Å². The zero-order valence-corrected chi connectivity index (χ0v) is 12.1. The van der Waals surface area contributed by atoms with Gasteiger partial charge in [-0.3, -0.25) is 10.1 Å². The topological polar surface area (TPSA) is 111 Å². The van der Waals surface area contributed by atoms with Crippen molar-refractivity contribution >= 4 is 23.7 Å². The maximum atomic E-state index is 11.5. The third kappa shape index (κ3) is 3.96. The minimum atomic E-state index is -0.865. The SMILES string of the molecule is C[C@H](Sc1nnc(C2CCCCC2)o1)C(=O)NC(N)=O. The molecule has 1 aliphatic carbocycles. The number of urea groups is 1. The summed E-state index contributed by atoms with van der Waals surface area (Å²) in [5.74, 6) is 0.509. The van der Waals surface area contributed by atoms with Crippen LogP contribution in [0, 0.1) is 0 Å². The van der Waals surface area contributed by atoms with Crippen LogP contribution in [0.1, 0.15) is 50.8 Å². The van der Waals surface area contributed by atoms with Crippen LogP contribution in [0.15, 0.2) is 9.64 Å². The van der Waals surface area contributed by atoms with E-state index in [1.54, 1.807) is 6.92 Å². The Kier molecular flexibility index (Phi) is 4.99. The summed E-state index contributed by atoms with van der Waals surface area (Å²) in [7, 11) is 0. The van der Waals surface area contributed by atoms with Gasteiger partial charge in [-0.2, -0.15) is 0 Å². The van der Waals surface area contributed by atoms with Crippen molar-refractivity contribution in [1.29, 1.82) is 0 Å². The van der Waals surface area contributed by atoms with E-state index in [9.17, 15) is 9.59 Å². The minimum absolute atomic E-state index is 0.334. The van der Waals surface area contributed by atoms with Crippen LogP contribution >= 0.6 is 11.8 Å². The molecule has 3 amide bonds. The number of rotatable bonds is 4. The Morgan fingerprint density at radius 1 is 1.35 bits per heavy atom. The average molecular weight is 298 g/mol. The zero-order chi connectivity index (χ0) is 14.5. The standard InChI is InChI=1S/C12H18N4O3S/c1-7(9(17)14-11(13)18)20-12-16-15-10(19-12)8-5-3-2-4-6-8/h7-8H,2-6H2,1H3,(H3,13,14,17,18)/t7-/m0/s1. The number of nitrogens with one attached hydrogen (secondary N) is 1. The summed E-state index contributed by atoms with van der Waals surface area (Å²) >= 11 is 1.12. The molecule has 1 aliphatic rings. The number of imide groups is 1. The monoisotopic (exact) mass is 298 g/mol. The fraction of sp³-hybridized carbons (Fsp3) is 0.667. The molecule has 7 nitrogen and oxygen atoms in total. The van der Waals surface area contributed by atoms with Crippen LogP contribution in [-0.2, 0) is 4.79 Å². The Morgan fingerprint density at radius 3 is 2.70 bits per heavy atom. The second-order valence-electron chi connectivity index (χ2n) is 4.85. The van der Waals surface area contributed by atoms with Gasteiger partial charge in [-0.25, -0.2) is 4.79 Å². The molecule has 3 N–H and O–H groups in total. The zero-order valence-electron chi connectivity index (χ0n) is 11.3. The predicted octanol–water partition coefficient (Wildman–Crippen LogP) is 1.79. The number of hydrogen-bond donors (Lipinski definition) is 2.